The maximum atomic E-state index is 12.1. The van der Waals surface area contributed by atoms with Crippen molar-refractivity contribution in [2.45, 2.75) is 57.7 Å². The molecule has 2 rings (SSSR count). The fourth-order valence-corrected chi connectivity index (χ4v) is 3.18. The van der Waals surface area contributed by atoms with Gasteiger partial charge < -0.3 is 20.1 Å². The van der Waals surface area contributed by atoms with E-state index in [9.17, 15) is 9.59 Å². The number of likely N-dealkylation sites (tertiary alicyclic amines) is 1. The molecular formula is C15H26N2O4. The molecule has 2 N–H and O–H groups in total. The molecule has 0 saturated carbocycles. The van der Waals surface area contributed by atoms with Crippen LogP contribution in [-0.4, -0.2) is 53.8 Å². The quantitative estimate of drug-likeness (QED) is 0.811. The van der Waals surface area contributed by atoms with E-state index in [4.69, 9.17) is 9.84 Å². The summed E-state index contributed by atoms with van der Waals surface area (Å²) < 4.78 is 5.38. The lowest BCUT2D eigenvalue weighted by atomic mass is 9.93. The Hall–Kier alpha value is -1.30. The number of aliphatic carboxylic acids is 1. The lowest BCUT2D eigenvalue weighted by Gasteiger charge is -2.32. The average Bonchev–Trinajstić information content (AvgIpc) is 2.95. The van der Waals surface area contributed by atoms with Gasteiger partial charge in [0.25, 0.3) is 0 Å². The summed E-state index contributed by atoms with van der Waals surface area (Å²) >= 11 is 0. The maximum Gasteiger partial charge on any atom is 0.332 e. The predicted molar refractivity (Wildman–Crippen MR) is 78.1 cm³/mol. The highest BCUT2D eigenvalue weighted by atomic mass is 16.5. The summed E-state index contributed by atoms with van der Waals surface area (Å²) in [6, 6.07) is -0.0488. The normalized spacial score (nSPS) is 26.8. The lowest BCUT2D eigenvalue weighted by molar-refractivity contribution is -0.149. The highest BCUT2D eigenvalue weighted by Crippen LogP contribution is 2.22. The van der Waals surface area contributed by atoms with Crippen molar-refractivity contribution in [2.75, 3.05) is 19.6 Å². The molecule has 6 nitrogen and oxygen atoms in total. The first-order chi connectivity index (χ1) is 10.1. The summed E-state index contributed by atoms with van der Waals surface area (Å²) in [6.07, 6.45) is 4.96. The Morgan fingerprint density at radius 3 is 2.52 bits per heavy atom. The van der Waals surface area contributed by atoms with Crippen LogP contribution in [0.3, 0.4) is 0 Å². The van der Waals surface area contributed by atoms with E-state index in [2.05, 4.69) is 12.2 Å². The third-order valence-corrected chi connectivity index (χ3v) is 4.46. The molecule has 2 heterocycles. The number of hydrogen-bond acceptors (Lipinski definition) is 3. The number of nitrogens with zero attached hydrogens (tertiary/aromatic N) is 1. The van der Waals surface area contributed by atoms with Crippen molar-refractivity contribution >= 4 is 12.0 Å². The van der Waals surface area contributed by atoms with Crippen LogP contribution in [0.15, 0.2) is 0 Å². The van der Waals surface area contributed by atoms with E-state index in [1.807, 2.05) is 4.90 Å². The minimum atomic E-state index is -0.915. The monoisotopic (exact) mass is 298 g/mol. The van der Waals surface area contributed by atoms with E-state index in [0.717, 1.165) is 31.8 Å². The number of urea groups is 1. The van der Waals surface area contributed by atoms with E-state index >= 15 is 0 Å². The molecule has 0 aromatic heterocycles. The van der Waals surface area contributed by atoms with Crippen LogP contribution in [0.5, 0.6) is 0 Å². The van der Waals surface area contributed by atoms with Crippen LogP contribution in [0.1, 0.15) is 45.4 Å². The molecule has 0 aliphatic carbocycles. The molecule has 2 unspecified atom stereocenters. The van der Waals surface area contributed by atoms with Crippen molar-refractivity contribution in [3.05, 3.63) is 0 Å². The molecule has 2 atom stereocenters. The molecule has 0 radical (unpaired) electrons. The number of rotatable bonds is 5. The third kappa shape index (κ3) is 4.59. The number of carbonyl (C=O) groups is 2. The van der Waals surface area contributed by atoms with Crippen LogP contribution in [-0.2, 0) is 9.53 Å². The molecule has 120 valence electrons. The van der Waals surface area contributed by atoms with E-state index in [-0.39, 0.29) is 12.1 Å². The molecule has 2 fully saturated rings. The van der Waals surface area contributed by atoms with Crippen molar-refractivity contribution in [1.82, 2.24) is 10.2 Å². The van der Waals surface area contributed by atoms with Crippen molar-refractivity contribution < 1.29 is 19.4 Å². The Morgan fingerprint density at radius 1 is 1.24 bits per heavy atom. The van der Waals surface area contributed by atoms with Gasteiger partial charge in [0.1, 0.15) is 0 Å². The zero-order valence-electron chi connectivity index (χ0n) is 12.7. The van der Waals surface area contributed by atoms with Crippen LogP contribution in [0, 0.1) is 5.92 Å². The number of ether oxygens (including phenoxy) is 1. The standard InChI is InChI=1S/C15H26N2O4/c1-2-3-11-6-8-17(9-7-11)15(20)16-10-12-4-5-13(21-12)14(18)19/h11-13H,2-10H2,1H3,(H,16,20)(H,18,19). The fourth-order valence-electron chi connectivity index (χ4n) is 3.18. The van der Waals surface area contributed by atoms with Gasteiger partial charge in [-0.25, -0.2) is 9.59 Å². The van der Waals surface area contributed by atoms with Crippen LogP contribution in [0.25, 0.3) is 0 Å². The second-order valence-electron chi connectivity index (χ2n) is 6.07. The number of carboxylic acids is 1. The molecule has 2 saturated heterocycles. The van der Waals surface area contributed by atoms with Crippen LogP contribution in [0.4, 0.5) is 4.79 Å². The fraction of sp³-hybridized carbons (Fsp3) is 0.867. The lowest BCUT2D eigenvalue weighted by Crippen LogP contribution is -2.46. The van der Waals surface area contributed by atoms with Gasteiger partial charge in [0.05, 0.1) is 6.10 Å². The van der Waals surface area contributed by atoms with Crippen molar-refractivity contribution in [3.63, 3.8) is 0 Å². The van der Waals surface area contributed by atoms with Gasteiger partial charge in [0, 0.05) is 19.6 Å². The summed E-state index contributed by atoms with van der Waals surface area (Å²) in [4.78, 5) is 24.7. The zero-order chi connectivity index (χ0) is 15.2. The Balaban J connectivity index is 1.65. The van der Waals surface area contributed by atoms with Crippen molar-refractivity contribution in [3.8, 4) is 0 Å². The van der Waals surface area contributed by atoms with E-state index in [1.165, 1.54) is 12.8 Å². The molecule has 6 heteroatoms. The first-order valence-electron chi connectivity index (χ1n) is 8.01. The predicted octanol–water partition coefficient (Wildman–Crippen LogP) is 1.84. The Kier molecular flexibility index (Phi) is 5.85. The molecule has 0 aromatic carbocycles. The zero-order valence-corrected chi connectivity index (χ0v) is 12.7. The van der Waals surface area contributed by atoms with E-state index in [0.29, 0.717) is 19.4 Å². The van der Waals surface area contributed by atoms with Crippen LogP contribution >= 0.6 is 0 Å². The summed E-state index contributed by atoms with van der Waals surface area (Å²) in [7, 11) is 0. The van der Waals surface area contributed by atoms with Crippen molar-refractivity contribution in [2.24, 2.45) is 5.92 Å². The molecule has 0 bridgehead atoms. The van der Waals surface area contributed by atoms with Crippen LogP contribution in [0.2, 0.25) is 0 Å². The summed E-state index contributed by atoms with van der Waals surface area (Å²) in [6.45, 7) is 4.24. The molecule has 0 aromatic rings. The molecule has 0 spiro atoms. The highest BCUT2D eigenvalue weighted by Gasteiger charge is 2.31. The minimum Gasteiger partial charge on any atom is -0.479 e. The topological polar surface area (TPSA) is 78.9 Å². The van der Waals surface area contributed by atoms with Crippen molar-refractivity contribution in [1.29, 1.82) is 0 Å². The SMILES string of the molecule is CCCC1CCN(C(=O)NCC2CCC(C(=O)O)O2)CC1. The van der Waals surface area contributed by atoms with Gasteiger partial charge in [-0.2, -0.15) is 0 Å². The first kappa shape index (κ1) is 16.1. The second kappa shape index (κ2) is 7.64. The van der Waals surface area contributed by atoms with Crippen LogP contribution < -0.4 is 5.32 Å². The number of hydrogen-bond donors (Lipinski definition) is 2. The maximum absolute atomic E-state index is 12.1. The summed E-state index contributed by atoms with van der Waals surface area (Å²) in [5.74, 6) is -0.157. The van der Waals surface area contributed by atoms with Gasteiger partial charge in [-0.1, -0.05) is 19.8 Å². The Bertz CT molecular complexity index is 367. The van der Waals surface area contributed by atoms with E-state index in [1.54, 1.807) is 0 Å². The highest BCUT2D eigenvalue weighted by molar-refractivity contribution is 5.74. The van der Waals surface area contributed by atoms with E-state index < -0.39 is 12.1 Å². The minimum absolute atomic E-state index is 0.0488. The van der Waals surface area contributed by atoms with Gasteiger partial charge in [0.15, 0.2) is 6.10 Å². The molecular weight excluding hydrogens is 272 g/mol. The van der Waals surface area contributed by atoms with Gasteiger partial charge in [-0.05, 0) is 31.6 Å². The number of amides is 2. The molecule has 2 aliphatic heterocycles. The number of carbonyl (C=O) groups excluding carboxylic acids is 1. The molecule has 2 aliphatic rings. The third-order valence-electron chi connectivity index (χ3n) is 4.46. The summed E-state index contributed by atoms with van der Waals surface area (Å²) in [5, 5.41) is 11.7. The Labute approximate surface area is 125 Å². The Morgan fingerprint density at radius 2 is 1.95 bits per heavy atom. The smallest absolute Gasteiger partial charge is 0.332 e. The van der Waals surface area contributed by atoms with Gasteiger partial charge in [-0.3, -0.25) is 0 Å². The molecule has 21 heavy (non-hydrogen) atoms. The number of piperidine rings is 1. The van der Waals surface area contributed by atoms with Gasteiger partial charge in [0.2, 0.25) is 0 Å². The number of carboxylic acid groups (broad SMARTS) is 1. The van der Waals surface area contributed by atoms with Gasteiger partial charge >= 0.3 is 12.0 Å². The first-order valence-corrected chi connectivity index (χ1v) is 8.01. The largest absolute Gasteiger partial charge is 0.479 e. The number of nitrogens with one attached hydrogen (secondary N) is 1. The summed E-state index contributed by atoms with van der Waals surface area (Å²) in [5.41, 5.74) is 0. The second-order valence-corrected chi connectivity index (χ2v) is 6.07. The average molecular weight is 298 g/mol. The van der Waals surface area contributed by atoms with Gasteiger partial charge in [-0.15, -0.1) is 0 Å². The molecule has 2 amide bonds.